The highest BCUT2D eigenvalue weighted by Gasteiger charge is 2.31. The second kappa shape index (κ2) is 6.24. The Kier molecular flexibility index (Phi) is 4.03. The number of aromatic nitrogens is 2. The van der Waals surface area contributed by atoms with Crippen molar-refractivity contribution in [3.05, 3.63) is 52.4 Å². The Labute approximate surface area is 149 Å². The average molecular weight is 379 g/mol. The lowest BCUT2D eigenvalue weighted by Crippen LogP contribution is -2.29. The standard InChI is InChI=1S/C17H12F3N3O2S/c18-10-5-11(19)16-15(14(10)20)22-12(26-16)4-8-6-23(7-13(24)25)17-9(8)2-1-3-21-17/h1-3,5,8H,4,6-7H2,(H,24,25). The minimum atomic E-state index is -1.27. The van der Waals surface area contributed by atoms with Crippen LogP contribution in [0.25, 0.3) is 10.2 Å². The molecular weight excluding hydrogens is 367 g/mol. The van der Waals surface area contributed by atoms with Crippen LogP contribution in [-0.2, 0) is 11.2 Å². The van der Waals surface area contributed by atoms with E-state index in [1.54, 1.807) is 17.2 Å². The quantitative estimate of drug-likeness (QED) is 0.705. The summed E-state index contributed by atoms with van der Waals surface area (Å²) in [5.41, 5.74) is 0.550. The number of carbonyl (C=O) groups is 1. The minimum Gasteiger partial charge on any atom is -0.480 e. The third-order valence-corrected chi connectivity index (χ3v) is 5.39. The molecule has 9 heteroatoms. The van der Waals surface area contributed by atoms with E-state index in [-0.39, 0.29) is 22.7 Å². The van der Waals surface area contributed by atoms with Gasteiger partial charge in [0.15, 0.2) is 11.6 Å². The second-order valence-corrected chi connectivity index (χ2v) is 7.11. The summed E-state index contributed by atoms with van der Waals surface area (Å²) in [5.74, 6) is -3.77. The number of hydrogen-bond acceptors (Lipinski definition) is 5. The molecule has 26 heavy (non-hydrogen) atoms. The smallest absolute Gasteiger partial charge is 0.323 e. The van der Waals surface area contributed by atoms with E-state index in [0.29, 0.717) is 29.9 Å². The number of nitrogens with zero attached hydrogens (tertiary/aromatic N) is 3. The zero-order chi connectivity index (χ0) is 18.4. The fourth-order valence-corrected chi connectivity index (χ4v) is 4.29. The fraction of sp³-hybridized carbons (Fsp3) is 0.235. The third-order valence-electron chi connectivity index (χ3n) is 4.30. The topological polar surface area (TPSA) is 66.3 Å². The molecule has 0 saturated heterocycles. The van der Waals surface area contributed by atoms with Crippen molar-refractivity contribution < 1.29 is 23.1 Å². The Bertz CT molecular complexity index is 1020. The van der Waals surface area contributed by atoms with Crippen LogP contribution in [0.4, 0.5) is 19.0 Å². The van der Waals surface area contributed by atoms with Crippen molar-refractivity contribution in [2.24, 2.45) is 0 Å². The number of pyridine rings is 1. The van der Waals surface area contributed by atoms with E-state index in [1.807, 2.05) is 6.07 Å². The van der Waals surface area contributed by atoms with Gasteiger partial charge in [0, 0.05) is 31.1 Å². The minimum absolute atomic E-state index is 0.0225. The summed E-state index contributed by atoms with van der Waals surface area (Å²) < 4.78 is 41.1. The number of carboxylic acids is 1. The zero-order valence-corrected chi connectivity index (χ0v) is 14.1. The second-order valence-electron chi connectivity index (χ2n) is 6.03. The van der Waals surface area contributed by atoms with Crippen molar-refractivity contribution in [2.45, 2.75) is 12.3 Å². The first-order chi connectivity index (χ1) is 12.4. The lowest BCUT2D eigenvalue weighted by molar-refractivity contribution is -0.135. The van der Waals surface area contributed by atoms with Gasteiger partial charge >= 0.3 is 5.97 Å². The number of benzene rings is 1. The van der Waals surface area contributed by atoms with E-state index < -0.39 is 23.4 Å². The lowest BCUT2D eigenvalue weighted by atomic mass is 10.00. The summed E-state index contributed by atoms with van der Waals surface area (Å²) in [6.45, 7) is 0.225. The number of halogens is 3. The van der Waals surface area contributed by atoms with E-state index >= 15 is 0 Å². The van der Waals surface area contributed by atoms with Gasteiger partial charge < -0.3 is 10.0 Å². The molecule has 1 aromatic carbocycles. The maximum atomic E-state index is 13.9. The molecule has 3 heterocycles. The molecule has 0 radical (unpaired) electrons. The van der Waals surface area contributed by atoms with E-state index in [9.17, 15) is 18.0 Å². The highest BCUT2D eigenvalue weighted by atomic mass is 32.1. The van der Waals surface area contributed by atoms with Crippen LogP contribution in [0.3, 0.4) is 0 Å². The molecule has 0 fully saturated rings. The van der Waals surface area contributed by atoms with Crippen LogP contribution in [0.15, 0.2) is 24.4 Å². The summed E-state index contributed by atoms with van der Waals surface area (Å²) in [6, 6.07) is 4.12. The number of rotatable bonds is 4. The average Bonchev–Trinajstić information content (AvgIpc) is 3.16. The van der Waals surface area contributed by atoms with E-state index in [2.05, 4.69) is 9.97 Å². The molecule has 1 unspecified atom stereocenters. The number of anilines is 1. The van der Waals surface area contributed by atoms with Crippen molar-refractivity contribution in [2.75, 3.05) is 18.0 Å². The van der Waals surface area contributed by atoms with Gasteiger partial charge in [-0.2, -0.15) is 0 Å². The van der Waals surface area contributed by atoms with Gasteiger partial charge in [0.2, 0.25) is 0 Å². The highest BCUT2D eigenvalue weighted by molar-refractivity contribution is 7.18. The molecule has 0 saturated carbocycles. The first kappa shape index (κ1) is 16.8. The summed E-state index contributed by atoms with van der Waals surface area (Å²) in [4.78, 5) is 21.0. The normalized spacial score (nSPS) is 16.3. The molecule has 1 atom stereocenters. The van der Waals surface area contributed by atoms with Gasteiger partial charge in [-0.1, -0.05) is 6.07 Å². The SMILES string of the molecule is O=C(O)CN1CC(Cc2nc3c(F)c(F)cc(F)c3s2)c2cccnc21. The Hall–Kier alpha value is -2.68. The number of fused-ring (bicyclic) bond motifs is 2. The molecule has 134 valence electrons. The molecule has 5 nitrogen and oxygen atoms in total. The van der Waals surface area contributed by atoms with E-state index in [0.717, 1.165) is 16.9 Å². The molecule has 0 amide bonds. The van der Waals surface area contributed by atoms with E-state index in [4.69, 9.17) is 5.11 Å². The van der Waals surface area contributed by atoms with Crippen LogP contribution in [0, 0.1) is 17.5 Å². The number of thiazole rings is 1. The van der Waals surface area contributed by atoms with Crippen molar-refractivity contribution in [3.63, 3.8) is 0 Å². The molecule has 3 aromatic rings. The molecule has 1 aliphatic rings. The van der Waals surface area contributed by atoms with Crippen LogP contribution >= 0.6 is 11.3 Å². The largest absolute Gasteiger partial charge is 0.480 e. The van der Waals surface area contributed by atoms with Crippen molar-refractivity contribution in [3.8, 4) is 0 Å². The van der Waals surface area contributed by atoms with Gasteiger partial charge in [-0.15, -0.1) is 11.3 Å². The predicted octanol–water partition coefficient (Wildman–Crippen LogP) is 3.34. The van der Waals surface area contributed by atoms with Crippen LogP contribution in [-0.4, -0.2) is 34.1 Å². The molecule has 0 spiro atoms. The predicted molar refractivity (Wildman–Crippen MR) is 90.0 cm³/mol. The van der Waals surface area contributed by atoms with Crippen LogP contribution in [0.5, 0.6) is 0 Å². The van der Waals surface area contributed by atoms with Gasteiger partial charge in [-0.05, 0) is 11.6 Å². The molecule has 2 aromatic heterocycles. The maximum Gasteiger partial charge on any atom is 0.323 e. The summed E-state index contributed by atoms with van der Waals surface area (Å²) >= 11 is 0.975. The summed E-state index contributed by atoms with van der Waals surface area (Å²) in [6.07, 6.45) is 1.94. The molecule has 4 rings (SSSR count). The Balaban J connectivity index is 1.68. The third kappa shape index (κ3) is 2.78. The van der Waals surface area contributed by atoms with Crippen molar-refractivity contribution in [1.82, 2.24) is 9.97 Å². The van der Waals surface area contributed by atoms with Gasteiger partial charge in [0.05, 0.1) is 9.71 Å². The lowest BCUT2D eigenvalue weighted by Gasteiger charge is -2.15. The number of hydrogen-bond donors (Lipinski definition) is 1. The van der Waals surface area contributed by atoms with Gasteiger partial charge in [-0.3, -0.25) is 4.79 Å². The first-order valence-electron chi connectivity index (χ1n) is 7.78. The Morgan fingerprint density at radius 1 is 1.35 bits per heavy atom. The monoisotopic (exact) mass is 379 g/mol. The summed E-state index contributed by atoms with van der Waals surface area (Å²) in [7, 11) is 0. The van der Waals surface area contributed by atoms with Crippen LogP contribution in [0.2, 0.25) is 0 Å². The maximum absolute atomic E-state index is 13.9. The van der Waals surface area contributed by atoms with Crippen LogP contribution in [0.1, 0.15) is 16.5 Å². The zero-order valence-electron chi connectivity index (χ0n) is 13.2. The molecular formula is C17H12F3N3O2S. The van der Waals surface area contributed by atoms with Crippen molar-refractivity contribution >= 4 is 33.3 Å². The van der Waals surface area contributed by atoms with Gasteiger partial charge in [0.25, 0.3) is 0 Å². The van der Waals surface area contributed by atoms with E-state index in [1.165, 1.54) is 0 Å². The number of carboxylic acid groups (broad SMARTS) is 1. The number of aliphatic carboxylic acids is 1. The molecule has 1 aliphatic heterocycles. The molecule has 1 N–H and O–H groups in total. The fourth-order valence-electron chi connectivity index (χ4n) is 3.25. The van der Waals surface area contributed by atoms with Crippen LogP contribution < -0.4 is 4.90 Å². The Morgan fingerprint density at radius 3 is 2.92 bits per heavy atom. The highest BCUT2D eigenvalue weighted by Crippen LogP contribution is 2.38. The molecule has 0 bridgehead atoms. The van der Waals surface area contributed by atoms with Crippen molar-refractivity contribution in [1.29, 1.82) is 0 Å². The summed E-state index contributed by atoms with van der Waals surface area (Å²) in [5, 5.41) is 9.52. The first-order valence-corrected chi connectivity index (χ1v) is 8.60. The Morgan fingerprint density at radius 2 is 2.15 bits per heavy atom. The molecule has 0 aliphatic carbocycles. The van der Waals surface area contributed by atoms with Gasteiger partial charge in [-0.25, -0.2) is 23.1 Å². The van der Waals surface area contributed by atoms with Gasteiger partial charge in [0.1, 0.15) is 23.7 Å².